The van der Waals surface area contributed by atoms with E-state index in [1.54, 1.807) is 10.9 Å². The summed E-state index contributed by atoms with van der Waals surface area (Å²) in [6.07, 6.45) is 3.18. The van der Waals surface area contributed by atoms with E-state index in [4.69, 9.17) is 22.4 Å². The lowest BCUT2D eigenvalue weighted by atomic mass is 9.99. The highest BCUT2D eigenvalue weighted by atomic mass is 35.5. The van der Waals surface area contributed by atoms with E-state index < -0.39 is 11.5 Å². The molecule has 3 N–H and O–H groups in total. The van der Waals surface area contributed by atoms with E-state index in [-0.39, 0.29) is 6.04 Å². The van der Waals surface area contributed by atoms with Gasteiger partial charge in [0.15, 0.2) is 0 Å². The Kier molecular flexibility index (Phi) is 2.67. The zero-order chi connectivity index (χ0) is 11.9. The van der Waals surface area contributed by atoms with Crippen molar-refractivity contribution in [3.05, 3.63) is 16.9 Å². The van der Waals surface area contributed by atoms with E-state index in [1.807, 2.05) is 6.92 Å². The van der Waals surface area contributed by atoms with Crippen molar-refractivity contribution in [2.24, 2.45) is 5.73 Å². The minimum atomic E-state index is -1.12. The molecule has 0 amide bonds. The van der Waals surface area contributed by atoms with Gasteiger partial charge in [-0.15, -0.1) is 0 Å². The quantitative estimate of drug-likeness (QED) is 0.822. The van der Waals surface area contributed by atoms with Crippen LogP contribution < -0.4 is 5.73 Å². The van der Waals surface area contributed by atoms with E-state index >= 15 is 0 Å². The molecular weight excluding hydrogens is 230 g/mol. The number of aromatic nitrogens is 2. The third-order valence-corrected chi connectivity index (χ3v) is 3.65. The molecule has 1 heterocycles. The normalized spacial score (nSPS) is 29.6. The van der Waals surface area contributed by atoms with Crippen molar-refractivity contribution in [2.75, 3.05) is 0 Å². The third kappa shape index (κ3) is 1.70. The number of nitrogens with two attached hydrogens (primary N) is 1. The first-order valence-electron chi connectivity index (χ1n) is 5.16. The fraction of sp³-hybridized carbons (Fsp3) is 0.600. The van der Waals surface area contributed by atoms with Crippen LogP contribution in [-0.4, -0.2) is 26.4 Å². The number of carboxylic acids is 1. The first-order chi connectivity index (χ1) is 7.44. The lowest BCUT2D eigenvalue weighted by Gasteiger charge is -2.18. The number of halogens is 1. The van der Waals surface area contributed by atoms with Crippen LogP contribution >= 0.6 is 11.6 Å². The van der Waals surface area contributed by atoms with Crippen molar-refractivity contribution in [1.29, 1.82) is 0 Å². The van der Waals surface area contributed by atoms with Gasteiger partial charge in [0.2, 0.25) is 0 Å². The van der Waals surface area contributed by atoms with Crippen LogP contribution in [0.1, 0.15) is 31.0 Å². The van der Waals surface area contributed by atoms with E-state index in [0.717, 1.165) is 12.1 Å². The SMILES string of the molecule is Cc1c(Cl)cnn1C1CCC(N)(C(=O)O)C1. The van der Waals surface area contributed by atoms with Gasteiger partial charge in [0.25, 0.3) is 0 Å². The summed E-state index contributed by atoms with van der Waals surface area (Å²) >= 11 is 5.91. The van der Waals surface area contributed by atoms with Crippen LogP contribution in [0, 0.1) is 6.92 Å². The zero-order valence-electron chi connectivity index (χ0n) is 8.98. The maximum absolute atomic E-state index is 11.0. The van der Waals surface area contributed by atoms with Crippen molar-refractivity contribution in [3.63, 3.8) is 0 Å². The van der Waals surface area contributed by atoms with Crippen molar-refractivity contribution in [3.8, 4) is 0 Å². The highest BCUT2D eigenvalue weighted by Gasteiger charge is 2.43. The molecule has 1 aliphatic rings. The lowest BCUT2D eigenvalue weighted by Crippen LogP contribution is -2.45. The summed E-state index contributed by atoms with van der Waals surface area (Å²) < 4.78 is 1.78. The Bertz CT molecular complexity index is 432. The molecule has 1 aromatic rings. The minimum absolute atomic E-state index is 0.0357. The summed E-state index contributed by atoms with van der Waals surface area (Å²) in [6.45, 7) is 1.87. The number of carbonyl (C=O) groups is 1. The summed E-state index contributed by atoms with van der Waals surface area (Å²) in [7, 11) is 0. The smallest absolute Gasteiger partial charge is 0.323 e. The molecule has 1 aliphatic carbocycles. The largest absolute Gasteiger partial charge is 0.480 e. The van der Waals surface area contributed by atoms with Crippen LogP contribution in [-0.2, 0) is 4.79 Å². The van der Waals surface area contributed by atoms with Crippen LogP contribution in [0.4, 0.5) is 0 Å². The van der Waals surface area contributed by atoms with Crippen molar-refractivity contribution < 1.29 is 9.90 Å². The van der Waals surface area contributed by atoms with Gasteiger partial charge in [-0.05, 0) is 26.2 Å². The minimum Gasteiger partial charge on any atom is -0.480 e. The average Bonchev–Trinajstić information content (AvgIpc) is 2.74. The zero-order valence-corrected chi connectivity index (χ0v) is 9.74. The fourth-order valence-corrected chi connectivity index (χ4v) is 2.35. The van der Waals surface area contributed by atoms with Gasteiger partial charge in [-0.2, -0.15) is 5.10 Å². The van der Waals surface area contributed by atoms with E-state index in [0.29, 0.717) is 17.9 Å². The third-order valence-electron chi connectivity index (χ3n) is 3.28. The molecule has 0 aromatic carbocycles. The van der Waals surface area contributed by atoms with Gasteiger partial charge in [-0.25, -0.2) is 0 Å². The maximum Gasteiger partial charge on any atom is 0.323 e. The number of hydrogen-bond acceptors (Lipinski definition) is 3. The van der Waals surface area contributed by atoms with Crippen molar-refractivity contribution in [1.82, 2.24) is 9.78 Å². The van der Waals surface area contributed by atoms with E-state index in [2.05, 4.69) is 5.10 Å². The number of nitrogens with zero attached hydrogens (tertiary/aromatic N) is 2. The number of rotatable bonds is 2. The Morgan fingerprint density at radius 3 is 2.94 bits per heavy atom. The lowest BCUT2D eigenvalue weighted by molar-refractivity contribution is -0.143. The summed E-state index contributed by atoms with van der Waals surface area (Å²) in [5, 5.41) is 13.8. The van der Waals surface area contributed by atoms with Crippen LogP contribution in [0.15, 0.2) is 6.20 Å². The Labute approximate surface area is 98.2 Å². The monoisotopic (exact) mass is 243 g/mol. The molecule has 0 saturated heterocycles. The van der Waals surface area contributed by atoms with Gasteiger partial charge in [-0.3, -0.25) is 9.48 Å². The predicted octanol–water partition coefficient (Wildman–Crippen LogP) is 1.35. The summed E-state index contributed by atoms with van der Waals surface area (Å²) in [5.74, 6) is -0.939. The predicted molar refractivity (Wildman–Crippen MR) is 59.4 cm³/mol. The molecule has 6 heteroatoms. The molecule has 2 atom stereocenters. The molecule has 0 aliphatic heterocycles. The Hall–Kier alpha value is -1.07. The first kappa shape index (κ1) is 11.4. The Balaban J connectivity index is 2.21. The van der Waals surface area contributed by atoms with Gasteiger partial charge in [0.05, 0.1) is 23.0 Å². The van der Waals surface area contributed by atoms with E-state index in [9.17, 15) is 4.79 Å². The Morgan fingerprint density at radius 1 is 1.81 bits per heavy atom. The molecule has 0 bridgehead atoms. The molecule has 2 rings (SSSR count). The number of carboxylic acid groups (broad SMARTS) is 1. The molecule has 16 heavy (non-hydrogen) atoms. The second-order valence-electron chi connectivity index (χ2n) is 4.38. The number of aliphatic carboxylic acids is 1. The van der Waals surface area contributed by atoms with Crippen LogP contribution in [0.3, 0.4) is 0 Å². The van der Waals surface area contributed by atoms with Crippen LogP contribution in [0.5, 0.6) is 0 Å². The standard InChI is InChI=1S/C10H14ClN3O2/c1-6-8(11)5-13-14(6)7-2-3-10(12,4-7)9(15)16/h5,7H,2-4,12H2,1H3,(H,15,16). The number of hydrogen-bond donors (Lipinski definition) is 2. The van der Waals surface area contributed by atoms with Gasteiger partial charge in [-0.1, -0.05) is 11.6 Å². The molecule has 1 fully saturated rings. The van der Waals surface area contributed by atoms with E-state index in [1.165, 1.54) is 0 Å². The molecule has 0 radical (unpaired) electrons. The molecular formula is C10H14ClN3O2. The van der Waals surface area contributed by atoms with Gasteiger partial charge in [0.1, 0.15) is 5.54 Å². The van der Waals surface area contributed by atoms with Gasteiger partial charge >= 0.3 is 5.97 Å². The second kappa shape index (κ2) is 3.75. The van der Waals surface area contributed by atoms with Crippen LogP contribution in [0.2, 0.25) is 5.02 Å². The maximum atomic E-state index is 11.0. The molecule has 1 aromatic heterocycles. The van der Waals surface area contributed by atoms with Gasteiger partial charge < -0.3 is 10.8 Å². The first-order valence-corrected chi connectivity index (χ1v) is 5.54. The molecule has 0 spiro atoms. The summed E-state index contributed by atoms with van der Waals surface area (Å²) in [6, 6.07) is 0.0357. The highest BCUT2D eigenvalue weighted by Crippen LogP contribution is 2.37. The van der Waals surface area contributed by atoms with Crippen LogP contribution in [0.25, 0.3) is 0 Å². The Morgan fingerprint density at radius 2 is 2.50 bits per heavy atom. The molecule has 1 saturated carbocycles. The highest BCUT2D eigenvalue weighted by molar-refractivity contribution is 6.31. The fourth-order valence-electron chi connectivity index (χ4n) is 2.22. The van der Waals surface area contributed by atoms with Crippen molar-refractivity contribution in [2.45, 2.75) is 37.8 Å². The topological polar surface area (TPSA) is 81.1 Å². The van der Waals surface area contributed by atoms with Gasteiger partial charge in [0, 0.05) is 0 Å². The summed E-state index contributed by atoms with van der Waals surface area (Å²) in [5.41, 5.74) is 5.56. The molecule has 88 valence electrons. The molecule has 2 unspecified atom stereocenters. The second-order valence-corrected chi connectivity index (χ2v) is 4.79. The van der Waals surface area contributed by atoms with Crippen molar-refractivity contribution >= 4 is 17.6 Å². The summed E-state index contributed by atoms with van der Waals surface area (Å²) in [4.78, 5) is 11.0. The average molecular weight is 244 g/mol. The molecule has 5 nitrogen and oxygen atoms in total.